The van der Waals surface area contributed by atoms with E-state index in [9.17, 15) is 22.8 Å². The lowest BCUT2D eigenvalue weighted by Crippen LogP contribution is -2.38. The summed E-state index contributed by atoms with van der Waals surface area (Å²) in [5.74, 6) is 1.12. The van der Waals surface area contributed by atoms with Crippen LogP contribution in [0.3, 0.4) is 0 Å². The third-order valence-electron chi connectivity index (χ3n) is 5.00. The molecule has 0 spiro atoms. The highest BCUT2D eigenvalue weighted by atomic mass is 32.2. The molecule has 0 saturated carbocycles. The molecule has 9 heteroatoms. The monoisotopic (exact) mass is 464 g/mol. The summed E-state index contributed by atoms with van der Waals surface area (Å²) < 4.78 is 39.3. The molecule has 0 radical (unpaired) electrons. The average molecular weight is 465 g/mol. The van der Waals surface area contributed by atoms with Gasteiger partial charge < -0.3 is 9.80 Å². The first-order chi connectivity index (χ1) is 14.8. The smallest absolute Gasteiger partial charge is 0.337 e. The lowest BCUT2D eigenvalue weighted by atomic mass is 10.1. The zero-order chi connectivity index (χ0) is 22.0. The van der Waals surface area contributed by atoms with Gasteiger partial charge in [-0.1, -0.05) is 36.0 Å². The van der Waals surface area contributed by atoms with E-state index < -0.39 is 11.7 Å². The van der Waals surface area contributed by atoms with E-state index >= 15 is 0 Å². The fourth-order valence-electron chi connectivity index (χ4n) is 3.43. The molecule has 2 aliphatic rings. The molecule has 162 valence electrons. The number of hydrogen-bond acceptors (Lipinski definition) is 4. The fourth-order valence-corrected chi connectivity index (χ4v) is 5.36. The second kappa shape index (κ2) is 9.00. The number of halogens is 3. The SMILES string of the molecule is O=C(/C=C1/Sc2ccccc2N(Cc2cccc(C(F)(F)F)c2)C1=O)N1CCSCC1. The number of amides is 2. The maximum absolute atomic E-state index is 13.2. The lowest BCUT2D eigenvalue weighted by molar-refractivity contribution is -0.137. The van der Waals surface area contributed by atoms with Crippen LogP contribution in [-0.2, 0) is 22.3 Å². The minimum absolute atomic E-state index is 0.0216. The third kappa shape index (κ3) is 4.93. The number of carbonyl (C=O) groups excluding carboxylic acids is 2. The van der Waals surface area contributed by atoms with Crippen LogP contribution in [0.15, 0.2) is 64.4 Å². The number of carbonyl (C=O) groups is 2. The standard InChI is InChI=1S/C22H19F3N2O2S2/c23-22(24,25)16-5-3-4-15(12-16)14-27-17-6-1-2-7-18(17)31-19(21(27)29)13-20(28)26-8-10-30-11-9-26/h1-7,12-13H,8-11,14H2/b19-13+. The van der Waals surface area contributed by atoms with Crippen LogP contribution in [0.2, 0.25) is 0 Å². The van der Waals surface area contributed by atoms with Gasteiger partial charge in [-0.3, -0.25) is 9.59 Å². The molecule has 2 aromatic rings. The number of nitrogens with zero attached hydrogens (tertiary/aromatic N) is 2. The molecular weight excluding hydrogens is 445 g/mol. The first-order valence-electron chi connectivity index (χ1n) is 9.66. The van der Waals surface area contributed by atoms with Crippen LogP contribution in [0.25, 0.3) is 0 Å². The quantitative estimate of drug-likeness (QED) is 0.612. The fraction of sp³-hybridized carbons (Fsp3) is 0.273. The summed E-state index contributed by atoms with van der Waals surface area (Å²) in [6.07, 6.45) is -3.10. The van der Waals surface area contributed by atoms with Gasteiger partial charge in [0.15, 0.2) is 0 Å². The second-order valence-corrected chi connectivity index (χ2v) is 9.41. The van der Waals surface area contributed by atoms with Gasteiger partial charge in [-0.2, -0.15) is 24.9 Å². The maximum Gasteiger partial charge on any atom is 0.416 e. The zero-order valence-corrected chi connectivity index (χ0v) is 18.0. The molecule has 2 amide bonds. The van der Waals surface area contributed by atoms with Crippen molar-refractivity contribution in [2.75, 3.05) is 29.5 Å². The van der Waals surface area contributed by atoms with Gasteiger partial charge in [0, 0.05) is 35.6 Å². The minimum Gasteiger partial charge on any atom is -0.337 e. The van der Waals surface area contributed by atoms with Crippen molar-refractivity contribution in [3.8, 4) is 0 Å². The van der Waals surface area contributed by atoms with Crippen molar-refractivity contribution >= 4 is 41.0 Å². The topological polar surface area (TPSA) is 40.6 Å². The molecule has 4 rings (SSSR count). The van der Waals surface area contributed by atoms with Crippen LogP contribution in [0.1, 0.15) is 11.1 Å². The second-order valence-electron chi connectivity index (χ2n) is 7.11. The van der Waals surface area contributed by atoms with Crippen molar-refractivity contribution < 1.29 is 22.8 Å². The van der Waals surface area contributed by atoms with Crippen LogP contribution in [0.4, 0.5) is 18.9 Å². The largest absolute Gasteiger partial charge is 0.416 e. The van der Waals surface area contributed by atoms with Crippen LogP contribution in [0, 0.1) is 0 Å². The predicted octanol–water partition coefficient (Wildman–Crippen LogP) is 4.80. The van der Waals surface area contributed by atoms with E-state index in [2.05, 4.69) is 0 Å². The van der Waals surface area contributed by atoms with Crippen molar-refractivity contribution in [2.24, 2.45) is 0 Å². The van der Waals surface area contributed by atoms with Gasteiger partial charge in [0.25, 0.3) is 5.91 Å². The van der Waals surface area contributed by atoms with Gasteiger partial charge in [0.1, 0.15) is 0 Å². The van der Waals surface area contributed by atoms with E-state index in [1.807, 2.05) is 12.1 Å². The summed E-state index contributed by atoms with van der Waals surface area (Å²) in [5, 5.41) is 0. The summed E-state index contributed by atoms with van der Waals surface area (Å²) in [6, 6.07) is 12.1. The predicted molar refractivity (Wildman–Crippen MR) is 117 cm³/mol. The number of thioether (sulfide) groups is 2. The number of alkyl halides is 3. The Balaban J connectivity index is 1.64. The van der Waals surface area contributed by atoms with Gasteiger partial charge in [0.2, 0.25) is 5.91 Å². The summed E-state index contributed by atoms with van der Waals surface area (Å²) >= 11 is 3.00. The third-order valence-corrected chi connectivity index (χ3v) is 7.02. The van der Waals surface area contributed by atoms with Crippen LogP contribution < -0.4 is 4.90 Å². The van der Waals surface area contributed by atoms with Crippen molar-refractivity contribution in [3.05, 3.63) is 70.6 Å². The molecular formula is C22H19F3N2O2S2. The van der Waals surface area contributed by atoms with E-state index in [0.717, 1.165) is 28.5 Å². The van der Waals surface area contributed by atoms with Crippen molar-refractivity contribution in [1.29, 1.82) is 0 Å². The van der Waals surface area contributed by atoms with Crippen molar-refractivity contribution in [2.45, 2.75) is 17.6 Å². The summed E-state index contributed by atoms with van der Waals surface area (Å²) in [4.78, 5) is 30.1. The highest BCUT2D eigenvalue weighted by Gasteiger charge is 2.33. The lowest BCUT2D eigenvalue weighted by Gasteiger charge is -2.31. The molecule has 4 nitrogen and oxygen atoms in total. The van der Waals surface area contributed by atoms with E-state index in [1.54, 1.807) is 34.9 Å². The first kappa shape index (κ1) is 21.8. The zero-order valence-electron chi connectivity index (χ0n) is 16.4. The molecule has 2 aromatic carbocycles. The Hall–Kier alpha value is -2.39. The van der Waals surface area contributed by atoms with Gasteiger partial charge in [-0.15, -0.1) is 0 Å². The van der Waals surface area contributed by atoms with Crippen LogP contribution in [0.5, 0.6) is 0 Å². The van der Waals surface area contributed by atoms with Crippen molar-refractivity contribution in [3.63, 3.8) is 0 Å². The Labute approximate surface area is 186 Å². The van der Waals surface area contributed by atoms with Gasteiger partial charge in [-0.25, -0.2) is 0 Å². The Kier molecular flexibility index (Phi) is 6.34. The highest BCUT2D eigenvalue weighted by molar-refractivity contribution is 8.04. The number of rotatable bonds is 3. The molecule has 0 aromatic heterocycles. The Bertz CT molecular complexity index is 1030. The molecule has 0 bridgehead atoms. The summed E-state index contributed by atoms with van der Waals surface area (Å²) in [5.41, 5.74) is 0.225. The Morgan fingerprint density at radius 1 is 1.06 bits per heavy atom. The van der Waals surface area contributed by atoms with E-state index in [-0.39, 0.29) is 23.3 Å². The molecule has 0 unspecified atom stereocenters. The maximum atomic E-state index is 13.2. The van der Waals surface area contributed by atoms with E-state index in [0.29, 0.717) is 24.3 Å². The number of benzene rings is 2. The van der Waals surface area contributed by atoms with Gasteiger partial charge in [0.05, 0.1) is 22.7 Å². The number of hydrogen-bond donors (Lipinski definition) is 0. The van der Waals surface area contributed by atoms with Gasteiger partial charge >= 0.3 is 6.18 Å². The molecule has 31 heavy (non-hydrogen) atoms. The number of anilines is 1. The van der Waals surface area contributed by atoms with E-state index in [4.69, 9.17) is 0 Å². The Morgan fingerprint density at radius 3 is 2.55 bits per heavy atom. The summed E-state index contributed by atoms with van der Waals surface area (Å²) in [7, 11) is 0. The molecule has 0 atom stereocenters. The normalized spacial score (nSPS) is 18.3. The van der Waals surface area contributed by atoms with Crippen LogP contribution >= 0.6 is 23.5 Å². The minimum atomic E-state index is -4.46. The molecule has 1 saturated heterocycles. The summed E-state index contributed by atoms with van der Waals surface area (Å²) in [6.45, 7) is 1.25. The molecule has 0 aliphatic carbocycles. The number of para-hydroxylation sites is 1. The number of fused-ring (bicyclic) bond motifs is 1. The average Bonchev–Trinajstić information content (AvgIpc) is 2.77. The first-order valence-corrected chi connectivity index (χ1v) is 11.6. The van der Waals surface area contributed by atoms with Crippen LogP contribution in [-0.4, -0.2) is 41.3 Å². The molecule has 0 N–H and O–H groups in total. The van der Waals surface area contributed by atoms with Gasteiger partial charge in [-0.05, 0) is 29.8 Å². The molecule has 2 aliphatic heterocycles. The van der Waals surface area contributed by atoms with E-state index in [1.165, 1.54) is 28.8 Å². The highest BCUT2D eigenvalue weighted by Crippen LogP contribution is 2.42. The molecule has 2 heterocycles. The molecule has 1 fully saturated rings. The Morgan fingerprint density at radius 2 is 1.81 bits per heavy atom. The van der Waals surface area contributed by atoms with Crippen molar-refractivity contribution in [1.82, 2.24) is 4.90 Å².